The molecule has 0 fully saturated rings. The lowest BCUT2D eigenvalue weighted by atomic mass is 9.76. The van der Waals surface area contributed by atoms with Gasteiger partial charge in [0.2, 0.25) is 0 Å². The minimum atomic E-state index is -0.311. The molecule has 4 heteroatoms. The van der Waals surface area contributed by atoms with Crippen molar-refractivity contribution in [1.29, 1.82) is 0 Å². The highest BCUT2D eigenvalue weighted by Gasteiger charge is 2.31. The highest BCUT2D eigenvalue weighted by Crippen LogP contribution is 2.41. The van der Waals surface area contributed by atoms with Gasteiger partial charge in [0.15, 0.2) is 0 Å². The Hall–Kier alpha value is -2.62. The predicted octanol–water partition coefficient (Wildman–Crippen LogP) is 5.36. The molecule has 0 spiro atoms. The van der Waals surface area contributed by atoms with Crippen molar-refractivity contribution in [3.8, 4) is 5.69 Å². The van der Waals surface area contributed by atoms with E-state index in [2.05, 4.69) is 49.6 Å². The quantitative estimate of drug-likeness (QED) is 0.468. The Balaban J connectivity index is 2.05. The van der Waals surface area contributed by atoms with Crippen molar-refractivity contribution >= 4 is 16.6 Å². The van der Waals surface area contributed by atoms with Crippen LogP contribution in [-0.4, -0.2) is 9.49 Å². The van der Waals surface area contributed by atoms with Crippen molar-refractivity contribution in [2.45, 2.75) is 40.0 Å². The first-order chi connectivity index (χ1) is 11.9. The van der Waals surface area contributed by atoms with E-state index < -0.39 is 0 Å². The summed E-state index contributed by atoms with van der Waals surface area (Å²) in [6.07, 6.45) is 3.15. The smallest absolute Gasteiger partial charge is 0.271 e. The van der Waals surface area contributed by atoms with Crippen LogP contribution in [0.4, 0.5) is 5.69 Å². The molecule has 1 aliphatic carbocycles. The molecule has 2 aromatic carbocycles. The number of fused-ring (bicyclic) bond motifs is 3. The van der Waals surface area contributed by atoms with E-state index in [0.29, 0.717) is 0 Å². The lowest BCUT2D eigenvalue weighted by molar-refractivity contribution is -0.384. The van der Waals surface area contributed by atoms with E-state index in [9.17, 15) is 10.1 Å². The fourth-order valence-electron chi connectivity index (χ4n) is 3.97. The highest BCUT2D eigenvalue weighted by atomic mass is 16.6. The first kappa shape index (κ1) is 15.9. The molecular formula is C21H22N2O2. The number of hydrogen-bond acceptors (Lipinski definition) is 2. The van der Waals surface area contributed by atoms with Crippen LogP contribution in [0, 0.1) is 22.5 Å². The second-order valence-electron chi connectivity index (χ2n) is 7.90. The van der Waals surface area contributed by atoms with Gasteiger partial charge in [-0.1, -0.05) is 31.5 Å². The van der Waals surface area contributed by atoms with Crippen molar-refractivity contribution in [3.05, 3.63) is 69.4 Å². The van der Waals surface area contributed by atoms with E-state index in [-0.39, 0.29) is 16.0 Å². The second kappa shape index (κ2) is 5.45. The van der Waals surface area contributed by atoms with Crippen LogP contribution in [0.25, 0.3) is 16.6 Å². The van der Waals surface area contributed by atoms with E-state index in [4.69, 9.17) is 0 Å². The molecule has 4 nitrogen and oxygen atoms in total. The van der Waals surface area contributed by atoms with Crippen molar-refractivity contribution in [2.75, 3.05) is 0 Å². The molecule has 0 radical (unpaired) electrons. The van der Waals surface area contributed by atoms with Crippen LogP contribution in [0.5, 0.6) is 0 Å². The third kappa shape index (κ3) is 2.62. The number of nitro benzene ring substituents is 1. The molecule has 0 atom stereocenters. The molecule has 0 amide bonds. The Morgan fingerprint density at radius 1 is 1.12 bits per heavy atom. The lowest BCUT2D eigenvalue weighted by Crippen LogP contribution is -2.23. The molecule has 0 saturated heterocycles. The summed E-state index contributed by atoms with van der Waals surface area (Å²) in [6, 6.07) is 13.7. The molecule has 1 aliphatic rings. The number of aromatic nitrogens is 1. The maximum absolute atomic E-state index is 11.3. The number of nitrogens with zero attached hydrogens (tertiary/aromatic N) is 2. The van der Waals surface area contributed by atoms with Gasteiger partial charge < -0.3 is 4.57 Å². The van der Waals surface area contributed by atoms with Crippen LogP contribution < -0.4 is 0 Å². The van der Waals surface area contributed by atoms with Gasteiger partial charge >= 0.3 is 0 Å². The number of non-ortho nitro benzene ring substituents is 1. The summed E-state index contributed by atoms with van der Waals surface area (Å²) in [5.74, 6) is 0. The molecule has 0 unspecified atom stereocenters. The average Bonchev–Trinajstić information content (AvgIpc) is 2.87. The van der Waals surface area contributed by atoms with Gasteiger partial charge in [-0.3, -0.25) is 10.1 Å². The molecule has 25 heavy (non-hydrogen) atoms. The van der Waals surface area contributed by atoms with Crippen molar-refractivity contribution in [1.82, 2.24) is 4.57 Å². The Kier molecular flexibility index (Phi) is 3.46. The Morgan fingerprint density at radius 2 is 1.84 bits per heavy atom. The Morgan fingerprint density at radius 3 is 2.52 bits per heavy atom. The predicted molar refractivity (Wildman–Crippen MR) is 100 cm³/mol. The number of nitro groups is 1. The van der Waals surface area contributed by atoms with Crippen molar-refractivity contribution in [2.24, 2.45) is 5.41 Å². The summed E-state index contributed by atoms with van der Waals surface area (Å²) in [7, 11) is 0. The Bertz CT molecular complexity index is 981. The van der Waals surface area contributed by atoms with Crippen molar-refractivity contribution < 1.29 is 4.92 Å². The topological polar surface area (TPSA) is 48.1 Å². The van der Waals surface area contributed by atoms with Gasteiger partial charge in [-0.25, -0.2) is 0 Å². The number of rotatable bonds is 2. The average molecular weight is 334 g/mol. The normalized spacial score (nSPS) is 16.0. The van der Waals surface area contributed by atoms with Crippen molar-refractivity contribution in [3.63, 3.8) is 0 Å². The minimum absolute atomic E-state index is 0.148. The molecule has 128 valence electrons. The molecule has 4 rings (SSSR count). The fraction of sp³-hybridized carbons (Fsp3) is 0.333. The summed E-state index contributed by atoms with van der Waals surface area (Å²) in [5.41, 5.74) is 6.28. The zero-order valence-electron chi connectivity index (χ0n) is 14.9. The monoisotopic (exact) mass is 334 g/mol. The van der Waals surface area contributed by atoms with Gasteiger partial charge in [0.1, 0.15) is 0 Å². The molecular weight excluding hydrogens is 312 g/mol. The molecule has 0 N–H and O–H groups in total. The summed E-state index contributed by atoms with van der Waals surface area (Å²) < 4.78 is 2.23. The van der Waals surface area contributed by atoms with E-state index in [1.54, 1.807) is 12.1 Å². The van der Waals surface area contributed by atoms with Gasteiger partial charge in [0, 0.05) is 28.9 Å². The van der Waals surface area contributed by atoms with Gasteiger partial charge in [0.05, 0.1) is 10.4 Å². The van der Waals surface area contributed by atoms with E-state index in [1.165, 1.54) is 16.8 Å². The van der Waals surface area contributed by atoms with E-state index in [1.807, 2.05) is 6.07 Å². The maximum Gasteiger partial charge on any atom is 0.271 e. The number of aryl methyl sites for hydroxylation is 2. The number of hydrogen-bond donors (Lipinski definition) is 0. The minimum Gasteiger partial charge on any atom is -0.313 e. The van der Waals surface area contributed by atoms with E-state index >= 15 is 0 Å². The molecule has 0 aliphatic heterocycles. The SMILES string of the molecule is Cc1ccc(-n2c3c(c4ccc([N+](=O)[O-])cc42)CCC(C)(C)C3)cc1. The largest absolute Gasteiger partial charge is 0.313 e. The van der Waals surface area contributed by atoms with Gasteiger partial charge in [-0.15, -0.1) is 0 Å². The summed E-state index contributed by atoms with van der Waals surface area (Å²) in [6.45, 7) is 6.67. The lowest BCUT2D eigenvalue weighted by Gasteiger charge is -2.31. The third-order valence-corrected chi connectivity index (χ3v) is 5.37. The van der Waals surface area contributed by atoms with Gasteiger partial charge in [-0.2, -0.15) is 0 Å². The highest BCUT2D eigenvalue weighted by molar-refractivity contribution is 5.89. The summed E-state index contributed by atoms with van der Waals surface area (Å²) in [5, 5.41) is 12.4. The van der Waals surface area contributed by atoms with Crippen LogP contribution in [-0.2, 0) is 12.8 Å². The zero-order chi connectivity index (χ0) is 17.8. The summed E-state index contributed by atoms with van der Waals surface area (Å²) >= 11 is 0. The van der Waals surface area contributed by atoms with Crippen LogP contribution in [0.3, 0.4) is 0 Å². The first-order valence-electron chi connectivity index (χ1n) is 8.73. The molecule has 1 aromatic heterocycles. The van der Waals surface area contributed by atoms with Crippen LogP contribution in [0.15, 0.2) is 42.5 Å². The molecule has 3 aromatic rings. The first-order valence-corrected chi connectivity index (χ1v) is 8.73. The Labute approximate surface area is 147 Å². The van der Waals surface area contributed by atoms with Gasteiger partial charge in [0.25, 0.3) is 5.69 Å². The van der Waals surface area contributed by atoms with E-state index in [0.717, 1.165) is 35.9 Å². The standard InChI is InChI=1S/C21H22N2O2/c1-14-4-6-15(7-5-14)22-19-12-16(23(24)25)8-9-17(19)18-10-11-21(2,3)13-20(18)22/h4-9,12H,10-11,13H2,1-3H3. The van der Waals surface area contributed by atoms with Gasteiger partial charge in [-0.05, 0) is 55.4 Å². The van der Waals surface area contributed by atoms with Crippen LogP contribution in [0.1, 0.15) is 37.1 Å². The fourth-order valence-corrected chi connectivity index (χ4v) is 3.97. The second-order valence-corrected chi connectivity index (χ2v) is 7.90. The third-order valence-electron chi connectivity index (χ3n) is 5.37. The number of benzene rings is 2. The summed E-state index contributed by atoms with van der Waals surface area (Å²) in [4.78, 5) is 11.0. The molecule has 0 saturated carbocycles. The molecule has 1 heterocycles. The zero-order valence-corrected chi connectivity index (χ0v) is 14.9. The van der Waals surface area contributed by atoms with Crippen LogP contribution in [0.2, 0.25) is 0 Å². The molecule has 0 bridgehead atoms. The maximum atomic E-state index is 11.3. The van der Waals surface area contributed by atoms with Crippen LogP contribution >= 0.6 is 0 Å².